The van der Waals surface area contributed by atoms with Crippen LogP contribution < -0.4 is 16.6 Å². The summed E-state index contributed by atoms with van der Waals surface area (Å²) in [4.78, 5) is 49.7. The Balaban J connectivity index is 2.25. The van der Waals surface area contributed by atoms with Crippen molar-refractivity contribution in [2.75, 3.05) is 7.11 Å². The Kier molecular flexibility index (Phi) is 5.55. The molecule has 0 bridgehead atoms. The molecule has 1 aromatic rings. The summed E-state index contributed by atoms with van der Waals surface area (Å²) in [5, 5.41) is 2.57. The number of H-pyrrole nitrogens is 1. The number of alkyl carbamates (subject to hydrolysis) is 1. The number of methoxy groups -OCH3 is 1. The molecule has 1 saturated heterocycles. The van der Waals surface area contributed by atoms with Crippen molar-refractivity contribution in [2.24, 2.45) is 0 Å². The van der Waals surface area contributed by atoms with Gasteiger partial charge in [0.2, 0.25) is 0 Å². The van der Waals surface area contributed by atoms with Gasteiger partial charge in [-0.3, -0.25) is 14.3 Å². The number of carbonyl (C=O) groups is 2. The van der Waals surface area contributed by atoms with Crippen molar-refractivity contribution in [1.29, 1.82) is 0 Å². The molecule has 144 valence electrons. The number of hydrogen-bond acceptors (Lipinski definition) is 7. The summed E-state index contributed by atoms with van der Waals surface area (Å²) in [6.45, 7) is 6.67. The van der Waals surface area contributed by atoms with E-state index in [0.29, 0.717) is 5.56 Å². The number of hydrogen-bond donors (Lipinski definition) is 2. The minimum absolute atomic E-state index is 0.115. The van der Waals surface area contributed by atoms with E-state index in [2.05, 4.69) is 10.3 Å². The van der Waals surface area contributed by atoms with Crippen molar-refractivity contribution < 1.29 is 23.8 Å². The maximum absolute atomic E-state index is 12.0. The number of ether oxygens (including phenoxy) is 3. The molecule has 0 spiro atoms. The Labute approximate surface area is 149 Å². The zero-order chi connectivity index (χ0) is 19.6. The Morgan fingerprint density at radius 3 is 2.58 bits per heavy atom. The Morgan fingerprint density at radius 2 is 2.00 bits per heavy atom. The molecule has 1 aromatic heterocycles. The predicted octanol–water partition coefficient (Wildman–Crippen LogP) is 0.199. The highest BCUT2D eigenvalue weighted by molar-refractivity contribution is 5.77. The minimum atomic E-state index is -1.11. The Hall–Kier alpha value is -2.62. The van der Waals surface area contributed by atoms with Crippen molar-refractivity contribution in [2.45, 2.75) is 58.1 Å². The predicted molar refractivity (Wildman–Crippen MR) is 89.8 cm³/mol. The monoisotopic (exact) mass is 369 g/mol. The molecule has 0 saturated carbocycles. The summed E-state index contributed by atoms with van der Waals surface area (Å²) in [7, 11) is 1.19. The van der Waals surface area contributed by atoms with Crippen molar-refractivity contribution >= 4 is 12.1 Å². The van der Waals surface area contributed by atoms with Crippen molar-refractivity contribution in [3.05, 3.63) is 32.6 Å². The standard InChI is InChI=1S/C16H23N3O7/c1-8-7-19(14(22)18-12(8)20)10-6-9(11(25-10)13(21)24-5)17-15(23)26-16(2,3)4/h7,9-11H,6H2,1-5H3,(H,17,23)(H,18,20,22)/t9-,10+,11-/m0/s1. The van der Waals surface area contributed by atoms with Gasteiger partial charge >= 0.3 is 17.8 Å². The molecule has 0 radical (unpaired) electrons. The van der Waals surface area contributed by atoms with E-state index < -0.39 is 47.3 Å². The lowest BCUT2D eigenvalue weighted by Gasteiger charge is -2.22. The van der Waals surface area contributed by atoms with E-state index in [1.165, 1.54) is 24.8 Å². The van der Waals surface area contributed by atoms with Gasteiger partial charge in [0.15, 0.2) is 6.10 Å². The van der Waals surface area contributed by atoms with Gasteiger partial charge in [-0.15, -0.1) is 0 Å². The van der Waals surface area contributed by atoms with E-state index in [9.17, 15) is 19.2 Å². The maximum atomic E-state index is 12.0. The normalized spacial score (nSPS) is 22.7. The van der Waals surface area contributed by atoms with Crippen LogP contribution in [0.1, 0.15) is 39.0 Å². The van der Waals surface area contributed by atoms with Crippen LogP contribution in [-0.4, -0.2) is 46.5 Å². The van der Waals surface area contributed by atoms with E-state index in [4.69, 9.17) is 14.2 Å². The second kappa shape index (κ2) is 7.32. The zero-order valence-electron chi connectivity index (χ0n) is 15.3. The van der Waals surface area contributed by atoms with Gasteiger partial charge in [0, 0.05) is 18.2 Å². The first-order chi connectivity index (χ1) is 12.0. The number of esters is 1. The average molecular weight is 369 g/mol. The van der Waals surface area contributed by atoms with Crippen molar-refractivity contribution in [3.8, 4) is 0 Å². The fraction of sp³-hybridized carbons (Fsp3) is 0.625. The first kappa shape index (κ1) is 19.7. The number of nitrogens with zero attached hydrogens (tertiary/aromatic N) is 1. The van der Waals surface area contributed by atoms with Gasteiger partial charge < -0.3 is 19.5 Å². The molecule has 2 heterocycles. The number of carbonyl (C=O) groups excluding carboxylic acids is 2. The van der Waals surface area contributed by atoms with Crippen LogP contribution in [0.3, 0.4) is 0 Å². The number of aromatic nitrogens is 2. The minimum Gasteiger partial charge on any atom is -0.467 e. The number of rotatable bonds is 3. The molecule has 1 aliphatic rings. The fourth-order valence-corrected chi connectivity index (χ4v) is 2.57. The third-order valence-electron chi connectivity index (χ3n) is 3.72. The lowest BCUT2D eigenvalue weighted by molar-refractivity contribution is -0.156. The molecule has 0 aromatic carbocycles. The van der Waals surface area contributed by atoms with Gasteiger partial charge in [-0.25, -0.2) is 14.4 Å². The average Bonchev–Trinajstić information content (AvgIpc) is 2.91. The fourth-order valence-electron chi connectivity index (χ4n) is 2.57. The van der Waals surface area contributed by atoms with Crippen LogP contribution in [0.15, 0.2) is 15.8 Å². The molecular weight excluding hydrogens is 346 g/mol. The molecule has 1 aliphatic heterocycles. The molecule has 26 heavy (non-hydrogen) atoms. The molecule has 1 amide bonds. The summed E-state index contributed by atoms with van der Waals surface area (Å²) < 4.78 is 16.7. The summed E-state index contributed by atoms with van der Waals surface area (Å²) in [5.74, 6) is -0.692. The van der Waals surface area contributed by atoms with E-state index in [1.54, 1.807) is 20.8 Å². The summed E-state index contributed by atoms with van der Waals surface area (Å²) in [6, 6.07) is -0.763. The van der Waals surface area contributed by atoms with Crippen LogP contribution in [0.2, 0.25) is 0 Å². The van der Waals surface area contributed by atoms with E-state index in [1.807, 2.05) is 0 Å². The lowest BCUT2D eigenvalue weighted by Crippen LogP contribution is -2.46. The lowest BCUT2D eigenvalue weighted by atomic mass is 10.1. The Morgan fingerprint density at radius 1 is 1.35 bits per heavy atom. The molecule has 0 unspecified atom stereocenters. The van der Waals surface area contributed by atoms with Gasteiger partial charge in [-0.05, 0) is 27.7 Å². The molecule has 1 fully saturated rings. The van der Waals surface area contributed by atoms with Crippen LogP contribution in [0.25, 0.3) is 0 Å². The van der Waals surface area contributed by atoms with E-state index >= 15 is 0 Å². The largest absolute Gasteiger partial charge is 0.467 e. The zero-order valence-corrected chi connectivity index (χ0v) is 15.3. The van der Waals surface area contributed by atoms with Crippen LogP contribution in [0.5, 0.6) is 0 Å². The van der Waals surface area contributed by atoms with Gasteiger partial charge in [0.25, 0.3) is 5.56 Å². The number of amides is 1. The van der Waals surface area contributed by atoms with Gasteiger partial charge in [-0.1, -0.05) is 0 Å². The van der Waals surface area contributed by atoms with Crippen LogP contribution in [0.4, 0.5) is 4.79 Å². The number of aromatic amines is 1. The highest BCUT2D eigenvalue weighted by Crippen LogP contribution is 2.28. The summed E-state index contributed by atoms with van der Waals surface area (Å²) in [6.07, 6.45) is -1.23. The van der Waals surface area contributed by atoms with Gasteiger partial charge in [0.05, 0.1) is 13.2 Å². The molecule has 3 atom stereocenters. The molecule has 10 heteroatoms. The quantitative estimate of drug-likeness (QED) is 0.728. The highest BCUT2D eigenvalue weighted by atomic mass is 16.6. The molecule has 2 N–H and O–H groups in total. The molecule has 0 aliphatic carbocycles. The Bertz CT molecular complexity index is 805. The number of nitrogens with one attached hydrogen (secondary N) is 2. The molecule has 2 rings (SSSR count). The second-order valence-corrected chi connectivity index (χ2v) is 7.00. The van der Waals surface area contributed by atoms with Gasteiger partial charge in [-0.2, -0.15) is 0 Å². The highest BCUT2D eigenvalue weighted by Gasteiger charge is 2.43. The smallest absolute Gasteiger partial charge is 0.407 e. The first-order valence-electron chi connectivity index (χ1n) is 8.06. The summed E-state index contributed by atoms with van der Waals surface area (Å²) in [5.41, 5.74) is -1.58. The second-order valence-electron chi connectivity index (χ2n) is 7.00. The SMILES string of the molecule is COC(=O)[C@H]1O[C@@H](n2cc(C)c(=O)[nH]c2=O)C[C@@H]1NC(=O)OC(C)(C)C. The third-order valence-corrected chi connectivity index (χ3v) is 3.72. The van der Waals surface area contributed by atoms with Crippen molar-refractivity contribution in [3.63, 3.8) is 0 Å². The topological polar surface area (TPSA) is 129 Å². The molecule has 10 nitrogen and oxygen atoms in total. The first-order valence-corrected chi connectivity index (χ1v) is 8.06. The van der Waals surface area contributed by atoms with Crippen LogP contribution >= 0.6 is 0 Å². The third kappa shape index (κ3) is 4.51. The number of aryl methyl sites for hydroxylation is 1. The van der Waals surface area contributed by atoms with Crippen LogP contribution in [0, 0.1) is 6.92 Å². The van der Waals surface area contributed by atoms with E-state index in [-0.39, 0.29) is 6.42 Å². The van der Waals surface area contributed by atoms with Gasteiger partial charge in [0.1, 0.15) is 11.8 Å². The summed E-state index contributed by atoms with van der Waals surface area (Å²) >= 11 is 0. The molecular formula is C16H23N3O7. The van der Waals surface area contributed by atoms with Crippen molar-refractivity contribution in [1.82, 2.24) is 14.9 Å². The van der Waals surface area contributed by atoms with Crippen LogP contribution in [-0.2, 0) is 19.0 Å². The maximum Gasteiger partial charge on any atom is 0.407 e. The van der Waals surface area contributed by atoms with E-state index in [0.717, 1.165) is 0 Å².